The molecule has 1 unspecified atom stereocenters. The molecule has 0 N–H and O–H groups in total. The van der Waals surface area contributed by atoms with Gasteiger partial charge in [0.2, 0.25) is 0 Å². The van der Waals surface area contributed by atoms with E-state index in [0.717, 1.165) is 18.7 Å². The van der Waals surface area contributed by atoms with E-state index in [1.54, 1.807) is 0 Å². The lowest BCUT2D eigenvalue weighted by Gasteiger charge is -2.54. The van der Waals surface area contributed by atoms with Gasteiger partial charge in [0.05, 0.1) is 11.6 Å². The minimum atomic E-state index is -0.197. The number of nitriles is 1. The summed E-state index contributed by atoms with van der Waals surface area (Å²) in [5.41, 5.74) is 1.73. The Kier molecular flexibility index (Phi) is 3.54. The second-order valence-corrected chi connectivity index (χ2v) is 6.24. The van der Waals surface area contributed by atoms with Gasteiger partial charge in [-0.3, -0.25) is 0 Å². The van der Waals surface area contributed by atoms with Gasteiger partial charge in [-0.05, 0) is 37.6 Å². The lowest BCUT2D eigenvalue weighted by molar-refractivity contribution is -0.165. The van der Waals surface area contributed by atoms with Crippen LogP contribution in [-0.2, 0) is 10.3 Å². The quantitative estimate of drug-likeness (QED) is 0.829. The van der Waals surface area contributed by atoms with Crippen molar-refractivity contribution in [3.05, 3.63) is 35.4 Å². The molecular formula is C17H22N2O. The Morgan fingerprint density at radius 2 is 2.00 bits per heavy atom. The van der Waals surface area contributed by atoms with Crippen LogP contribution in [0.25, 0.3) is 0 Å². The summed E-state index contributed by atoms with van der Waals surface area (Å²) in [7, 11) is 4.05. The maximum atomic E-state index is 9.16. The monoisotopic (exact) mass is 270 g/mol. The zero-order valence-electron chi connectivity index (χ0n) is 12.3. The summed E-state index contributed by atoms with van der Waals surface area (Å²) in [5.74, 6) is 1.05. The summed E-state index contributed by atoms with van der Waals surface area (Å²) in [5, 5.41) is 9.16. The maximum Gasteiger partial charge on any atom is 0.101 e. The predicted molar refractivity (Wildman–Crippen MR) is 78.2 cm³/mol. The van der Waals surface area contributed by atoms with Crippen molar-refractivity contribution >= 4 is 0 Å². The second kappa shape index (κ2) is 5.20. The first kappa shape index (κ1) is 13.6. The molecule has 106 valence electrons. The van der Waals surface area contributed by atoms with E-state index in [2.05, 4.69) is 24.1 Å². The van der Waals surface area contributed by atoms with Gasteiger partial charge in [-0.2, -0.15) is 5.26 Å². The summed E-state index contributed by atoms with van der Waals surface area (Å²) >= 11 is 0. The van der Waals surface area contributed by atoms with Crippen LogP contribution in [0, 0.1) is 23.2 Å². The number of methoxy groups -OCH3 is 1. The van der Waals surface area contributed by atoms with Crippen LogP contribution in [-0.4, -0.2) is 32.1 Å². The topological polar surface area (TPSA) is 36.3 Å². The van der Waals surface area contributed by atoms with Gasteiger partial charge >= 0.3 is 0 Å². The summed E-state index contributed by atoms with van der Waals surface area (Å²) in [6.07, 6.45) is 3.73. The van der Waals surface area contributed by atoms with Crippen LogP contribution in [0.1, 0.15) is 30.4 Å². The summed E-state index contributed by atoms with van der Waals surface area (Å²) in [6, 6.07) is 10.3. The third-order valence-electron chi connectivity index (χ3n) is 5.16. The molecule has 3 nitrogen and oxygen atoms in total. The fraction of sp³-hybridized carbons (Fsp3) is 0.588. The number of hydrogen-bond acceptors (Lipinski definition) is 3. The highest BCUT2D eigenvalue weighted by atomic mass is 16.5. The molecule has 2 bridgehead atoms. The molecule has 1 aliphatic carbocycles. The van der Waals surface area contributed by atoms with Gasteiger partial charge in [-0.15, -0.1) is 0 Å². The van der Waals surface area contributed by atoms with Gasteiger partial charge in [-0.25, -0.2) is 0 Å². The van der Waals surface area contributed by atoms with Crippen LogP contribution in [0.3, 0.4) is 0 Å². The highest BCUT2D eigenvalue weighted by Crippen LogP contribution is 2.51. The molecule has 2 aliphatic rings. The summed E-state index contributed by atoms with van der Waals surface area (Å²) in [6.45, 7) is 2.17. The molecule has 1 heterocycles. The Hall–Kier alpha value is -1.37. The van der Waals surface area contributed by atoms with Gasteiger partial charge < -0.3 is 9.64 Å². The number of benzene rings is 1. The zero-order chi connectivity index (χ0) is 14.2. The number of rotatable bonds is 2. The van der Waals surface area contributed by atoms with Crippen molar-refractivity contribution in [1.29, 1.82) is 5.26 Å². The predicted octanol–water partition coefficient (Wildman–Crippen LogP) is 2.76. The number of ether oxygens (including phenoxy) is 1. The number of likely N-dealkylation sites (tertiary alicyclic amines) is 1. The van der Waals surface area contributed by atoms with Gasteiger partial charge in [0.25, 0.3) is 0 Å². The third-order valence-corrected chi connectivity index (χ3v) is 5.16. The second-order valence-electron chi connectivity index (χ2n) is 6.24. The fourth-order valence-electron chi connectivity index (χ4n) is 4.41. The van der Waals surface area contributed by atoms with Crippen molar-refractivity contribution in [2.45, 2.75) is 24.9 Å². The van der Waals surface area contributed by atoms with E-state index in [1.807, 2.05) is 25.3 Å². The lowest BCUT2D eigenvalue weighted by Crippen LogP contribution is -2.58. The summed E-state index contributed by atoms with van der Waals surface area (Å²) < 4.78 is 6.14. The lowest BCUT2D eigenvalue weighted by atomic mass is 9.62. The molecule has 1 aromatic rings. The first-order valence-corrected chi connectivity index (χ1v) is 7.45. The first-order chi connectivity index (χ1) is 9.70. The molecule has 0 radical (unpaired) electrons. The number of nitrogens with zero attached hydrogens (tertiary/aromatic N) is 2. The Morgan fingerprint density at radius 3 is 2.60 bits per heavy atom. The highest BCUT2D eigenvalue weighted by molar-refractivity contribution is 5.37. The molecule has 0 amide bonds. The van der Waals surface area contributed by atoms with Crippen LogP contribution in [0.2, 0.25) is 0 Å². The smallest absolute Gasteiger partial charge is 0.101 e. The van der Waals surface area contributed by atoms with Gasteiger partial charge in [0.1, 0.15) is 5.60 Å². The number of fused-ring (bicyclic) bond motifs is 2. The third kappa shape index (κ3) is 1.95. The van der Waals surface area contributed by atoms with Gasteiger partial charge in [0.15, 0.2) is 0 Å². The first-order valence-electron chi connectivity index (χ1n) is 7.45. The number of hydrogen-bond donors (Lipinski definition) is 0. The molecule has 0 aromatic heterocycles. The van der Waals surface area contributed by atoms with E-state index in [-0.39, 0.29) is 5.60 Å². The molecule has 1 aliphatic heterocycles. The van der Waals surface area contributed by atoms with Gasteiger partial charge in [-0.1, -0.05) is 18.6 Å². The molecule has 20 heavy (non-hydrogen) atoms. The minimum Gasteiger partial charge on any atom is -0.373 e. The van der Waals surface area contributed by atoms with Crippen molar-refractivity contribution in [2.24, 2.45) is 11.8 Å². The van der Waals surface area contributed by atoms with Crippen molar-refractivity contribution in [1.82, 2.24) is 4.90 Å². The van der Waals surface area contributed by atoms with Crippen LogP contribution in [0.5, 0.6) is 0 Å². The van der Waals surface area contributed by atoms with Crippen molar-refractivity contribution < 1.29 is 4.74 Å². The molecule has 1 aromatic carbocycles. The number of piperidine rings is 1. The SMILES string of the molecule is COC1(c2cccc(C#N)c2)[C@@H]2CCC[C@H]1CN(C)C2. The van der Waals surface area contributed by atoms with Crippen LogP contribution < -0.4 is 0 Å². The Morgan fingerprint density at radius 1 is 1.30 bits per heavy atom. The molecular weight excluding hydrogens is 248 g/mol. The van der Waals surface area contributed by atoms with Crippen LogP contribution >= 0.6 is 0 Å². The molecule has 1 saturated carbocycles. The summed E-state index contributed by atoms with van der Waals surface area (Å²) in [4.78, 5) is 2.43. The van der Waals surface area contributed by atoms with E-state index >= 15 is 0 Å². The standard InChI is InChI=1S/C17H22N2O/c1-19-11-15-7-4-8-16(12-19)17(15,20-2)14-6-3-5-13(9-14)10-18/h3,5-6,9,15-16H,4,7-8,11-12H2,1-2H3/t15-,16+,17?. The van der Waals surface area contributed by atoms with Crippen LogP contribution in [0.4, 0.5) is 0 Å². The molecule has 0 spiro atoms. The maximum absolute atomic E-state index is 9.16. The Labute approximate surface area is 121 Å². The van der Waals surface area contributed by atoms with E-state index in [4.69, 9.17) is 10.00 Å². The normalized spacial score (nSPS) is 33.6. The molecule has 3 heteroatoms. The van der Waals surface area contributed by atoms with Crippen molar-refractivity contribution in [3.8, 4) is 6.07 Å². The Balaban J connectivity index is 2.08. The molecule has 3 atom stereocenters. The van der Waals surface area contributed by atoms with Crippen LogP contribution in [0.15, 0.2) is 24.3 Å². The minimum absolute atomic E-state index is 0.197. The highest BCUT2D eigenvalue weighted by Gasteiger charge is 2.52. The van der Waals surface area contributed by atoms with Crippen molar-refractivity contribution in [2.75, 3.05) is 27.2 Å². The van der Waals surface area contributed by atoms with E-state index < -0.39 is 0 Å². The fourth-order valence-corrected chi connectivity index (χ4v) is 4.41. The van der Waals surface area contributed by atoms with E-state index in [1.165, 1.54) is 24.8 Å². The average Bonchev–Trinajstić information content (AvgIpc) is 2.46. The Bertz CT molecular complexity index is 520. The van der Waals surface area contributed by atoms with E-state index in [9.17, 15) is 0 Å². The van der Waals surface area contributed by atoms with E-state index in [0.29, 0.717) is 11.8 Å². The molecule has 2 fully saturated rings. The molecule has 3 rings (SSSR count). The largest absolute Gasteiger partial charge is 0.373 e. The van der Waals surface area contributed by atoms with Gasteiger partial charge in [0, 0.05) is 32.0 Å². The average molecular weight is 270 g/mol. The van der Waals surface area contributed by atoms with Crippen molar-refractivity contribution in [3.63, 3.8) is 0 Å². The zero-order valence-corrected chi connectivity index (χ0v) is 12.3. The molecule has 1 saturated heterocycles.